The summed E-state index contributed by atoms with van der Waals surface area (Å²) in [6.45, 7) is 0.288. The summed E-state index contributed by atoms with van der Waals surface area (Å²) in [5.41, 5.74) is 2.27. The van der Waals surface area contributed by atoms with Crippen LogP contribution in [-0.2, 0) is 6.61 Å². The fourth-order valence-electron chi connectivity index (χ4n) is 2.61. The van der Waals surface area contributed by atoms with Crippen molar-refractivity contribution in [3.63, 3.8) is 0 Å². The second kappa shape index (κ2) is 9.32. The van der Waals surface area contributed by atoms with Gasteiger partial charge in [-0.2, -0.15) is 0 Å². The fraction of sp³-hybridized carbons (Fsp3) is 0.0870. The summed E-state index contributed by atoms with van der Waals surface area (Å²) in [5.74, 6) is 1.23. The molecule has 29 heavy (non-hydrogen) atoms. The first-order valence-corrected chi connectivity index (χ1v) is 8.88. The highest BCUT2D eigenvalue weighted by molar-refractivity contribution is 6.06. The van der Waals surface area contributed by atoms with E-state index in [1.54, 1.807) is 49.6 Å². The Hall–Kier alpha value is -3.93. The van der Waals surface area contributed by atoms with Gasteiger partial charge in [0.25, 0.3) is 5.69 Å². The van der Waals surface area contributed by atoms with E-state index >= 15 is 0 Å². The van der Waals surface area contributed by atoms with E-state index in [-0.39, 0.29) is 18.1 Å². The zero-order chi connectivity index (χ0) is 20.6. The van der Waals surface area contributed by atoms with Crippen LogP contribution in [0.25, 0.3) is 6.08 Å². The molecule has 0 aliphatic heterocycles. The van der Waals surface area contributed by atoms with E-state index in [1.807, 2.05) is 24.3 Å². The number of benzene rings is 3. The zero-order valence-corrected chi connectivity index (χ0v) is 15.8. The number of carbonyl (C=O) groups excluding carboxylic acids is 1. The third kappa shape index (κ3) is 5.52. The average Bonchev–Trinajstić information content (AvgIpc) is 2.76. The van der Waals surface area contributed by atoms with Gasteiger partial charge >= 0.3 is 0 Å². The van der Waals surface area contributed by atoms with E-state index in [2.05, 4.69) is 0 Å². The van der Waals surface area contributed by atoms with Gasteiger partial charge in [-0.05, 0) is 65.7 Å². The lowest BCUT2D eigenvalue weighted by Crippen LogP contribution is -1.96. The molecule has 0 saturated heterocycles. The van der Waals surface area contributed by atoms with Crippen molar-refractivity contribution in [3.05, 3.63) is 106 Å². The maximum atomic E-state index is 12.3. The monoisotopic (exact) mass is 389 g/mol. The van der Waals surface area contributed by atoms with Crippen molar-refractivity contribution < 1.29 is 19.2 Å². The normalized spacial score (nSPS) is 10.7. The van der Waals surface area contributed by atoms with Crippen molar-refractivity contribution in [1.29, 1.82) is 0 Å². The van der Waals surface area contributed by atoms with Gasteiger partial charge in [-0.25, -0.2) is 0 Å². The second-order valence-corrected chi connectivity index (χ2v) is 6.21. The van der Waals surface area contributed by atoms with Gasteiger partial charge in [0.1, 0.15) is 18.1 Å². The summed E-state index contributed by atoms with van der Waals surface area (Å²) in [5, 5.41) is 10.7. The molecular formula is C23H19NO5. The Balaban J connectivity index is 1.61. The predicted molar refractivity (Wildman–Crippen MR) is 110 cm³/mol. The van der Waals surface area contributed by atoms with Crippen molar-refractivity contribution in [2.24, 2.45) is 0 Å². The third-order valence-corrected chi connectivity index (χ3v) is 4.21. The molecule has 0 unspecified atom stereocenters. The minimum absolute atomic E-state index is 0.0439. The van der Waals surface area contributed by atoms with Gasteiger partial charge in [-0.1, -0.05) is 18.2 Å². The number of hydrogen-bond acceptors (Lipinski definition) is 5. The van der Waals surface area contributed by atoms with Crippen LogP contribution < -0.4 is 9.47 Å². The molecule has 3 aromatic carbocycles. The summed E-state index contributed by atoms with van der Waals surface area (Å²) in [4.78, 5) is 22.5. The lowest BCUT2D eigenvalue weighted by atomic mass is 10.1. The summed E-state index contributed by atoms with van der Waals surface area (Å²) < 4.78 is 10.8. The Bertz CT molecular complexity index is 1020. The summed E-state index contributed by atoms with van der Waals surface area (Å²) in [6.07, 6.45) is 3.24. The molecule has 0 N–H and O–H groups in total. The predicted octanol–water partition coefficient (Wildman–Crippen LogP) is 5.08. The van der Waals surface area contributed by atoms with E-state index in [1.165, 1.54) is 18.2 Å². The maximum absolute atomic E-state index is 12.3. The van der Waals surface area contributed by atoms with Gasteiger partial charge in [0.2, 0.25) is 0 Å². The Labute approximate surface area is 168 Å². The quantitative estimate of drug-likeness (QED) is 0.232. The van der Waals surface area contributed by atoms with Crippen molar-refractivity contribution in [3.8, 4) is 11.5 Å². The van der Waals surface area contributed by atoms with Crippen molar-refractivity contribution >= 4 is 17.5 Å². The fourth-order valence-corrected chi connectivity index (χ4v) is 2.61. The number of nitro benzene ring substituents is 1. The van der Waals surface area contributed by atoms with Crippen LogP contribution in [0.4, 0.5) is 5.69 Å². The zero-order valence-electron chi connectivity index (χ0n) is 15.8. The Morgan fingerprint density at radius 3 is 2.38 bits per heavy atom. The smallest absolute Gasteiger partial charge is 0.269 e. The van der Waals surface area contributed by atoms with Crippen LogP contribution in [0.15, 0.2) is 78.9 Å². The Morgan fingerprint density at radius 2 is 1.72 bits per heavy atom. The first-order valence-electron chi connectivity index (χ1n) is 8.88. The van der Waals surface area contributed by atoms with Gasteiger partial charge in [0.05, 0.1) is 12.0 Å². The maximum Gasteiger partial charge on any atom is 0.269 e. The Kier molecular flexibility index (Phi) is 6.37. The van der Waals surface area contributed by atoms with Crippen LogP contribution >= 0.6 is 0 Å². The van der Waals surface area contributed by atoms with Crippen LogP contribution in [-0.4, -0.2) is 17.8 Å². The van der Waals surface area contributed by atoms with Gasteiger partial charge < -0.3 is 9.47 Å². The van der Waals surface area contributed by atoms with E-state index in [9.17, 15) is 14.9 Å². The van der Waals surface area contributed by atoms with E-state index < -0.39 is 4.92 Å². The van der Waals surface area contributed by atoms with Crippen LogP contribution in [0.5, 0.6) is 11.5 Å². The first kappa shape index (κ1) is 19.8. The molecule has 0 aromatic heterocycles. The van der Waals surface area contributed by atoms with Crippen LogP contribution in [0, 0.1) is 10.1 Å². The molecule has 0 amide bonds. The molecule has 0 heterocycles. The molecule has 3 aromatic rings. The first-order chi connectivity index (χ1) is 14.0. The number of ketones is 1. The Morgan fingerprint density at radius 1 is 1.00 bits per heavy atom. The summed E-state index contributed by atoms with van der Waals surface area (Å²) in [6, 6.07) is 20.5. The van der Waals surface area contributed by atoms with E-state index in [4.69, 9.17) is 9.47 Å². The topological polar surface area (TPSA) is 78.7 Å². The van der Waals surface area contributed by atoms with Crippen molar-refractivity contribution in [2.75, 3.05) is 7.11 Å². The van der Waals surface area contributed by atoms with Crippen molar-refractivity contribution in [1.82, 2.24) is 0 Å². The molecular weight excluding hydrogens is 370 g/mol. The molecule has 6 nitrogen and oxygen atoms in total. The number of nitro groups is 1. The molecule has 0 spiro atoms. The number of allylic oxidation sites excluding steroid dienone is 1. The standard InChI is InChI=1S/C23H19NO5/c1-28-21-12-8-19(9-13-21)23(25)14-7-17-3-2-4-22(15-17)29-16-18-5-10-20(11-6-18)24(26)27/h2-15H,16H2,1H3/b14-7+. The highest BCUT2D eigenvalue weighted by atomic mass is 16.6. The molecule has 0 saturated carbocycles. The minimum atomic E-state index is -0.437. The van der Waals surface area contributed by atoms with E-state index in [0.29, 0.717) is 17.1 Å². The van der Waals surface area contributed by atoms with Gasteiger partial charge in [0.15, 0.2) is 5.78 Å². The lowest BCUT2D eigenvalue weighted by Gasteiger charge is -2.07. The second-order valence-electron chi connectivity index (χ2n) is 6.21. The highest BCUT2D eigenvalue weighted by Gasteiger charge is 2.05. The number of rotatable bonds is 8. The molecule has 0 fully saturated rings. The lowest BCUT2D eigenvalue weighted by molar-refractivity contribution is -0.384. The molecule has 0 aliphatic rings. The number of methoxy groups -OCH3 is 1. The largest absolute Gasteiger partial charge is 0.497 e. The van der Waals surface area contributed by atoms with Crippen LogP contribution in [0.2, 0.25) is 0 Å². The number of carbonyl (C=O) groups is 1. The molecule has 146 valence electrons. The van der Waals surface area contributed by atoms with Gasteiger partial charge in [-0.3, -0.25) is 14.9 Å². The summed E-state index contributed by atoms with van der Waals surface area (Å²) in [7, 11) is 1.58. The summed E-state index contributed by atoms with van der Waals surface area (Å²) >= 11 is 0. The number of non-ortho nitro benzene ring substituents is 1. The SMILES string of the molecule is COc1ccc(C(=O)/C=C/c2cccc(OCc3ccc([N+](=O)[O-])cc3)c2)cc1. The van der Waals surface area contributed by atoms with Crippen molar-refractivity contribution in [2.45, 2.75) is 6.61 Å². The molecule has 0 radical (unpaired) electrons. The molecule has 0 atom stereocenters. The van der Waals surface area contributed by atoms with Crippen LogP contribution in [0.1, 0.15) is 21.5 Å². The number of ether oxygens (including phenoxy) is 2. The highest BCUT2D eigenvalue weighted by Crippen LogP contribution is 2.18. The van der Waals surface area contributed by atoms with E-state index in [0.717, 1.165) is 11.1 Å². The minimum Gasteiger partial charge on any atom is -0.497 e. The molecule has 6 heteroatoms. The molecule has 0 bridgehead atoms. The molecule has 0 aliphatic carbocycles. The average molecular weight is 389 g/mol. The van der Waals surface area contributed by atoms with Gasteiger partial charge in [-0.15, -0.1) is 0 Å². The van der Waals surface area contributed by atoms with Crippen LogP contribution in [0.3, 0.4) is 0 Å². The third-order valence-electron chi connectivity index (χ3n) is 4.21. The van der Waals surface area contributed by atoms with Gasteiger partial charge in [0, 0.05) is 17.7 Å². The molecule has 3 rings (SSSR count). The number of nitrogens with zero attached hydrogens (tertiary/aromatic N) is 1. The number of hydrogen-bond donors (Lipinski definition) is 0.